The van der Waals surface area contributed by atoms with E-state index < -0.39 is 0 Å². The molecule has 2 aromatic heterocycles. The molecule has 0 fully saturated rings. The highest BCUT2D eigenvalue weighted by atomic mass is 35.5. The molecule has 1 N–H and O–H groups in total. The number of amides is 1. The lowest BCUT2D eigenvalue weighted by Gasteiger charge is -2.07. The first-order chi connectivity index (χ1) is 11.6. The number of pyridine rings is 1. The molecule has 0 aliphatic heterocycles. The lowest BCUT2D eigenvalue weighted by Crippen LogP contribution is -2.13. The maximum atomic E-state index is 12.1. The van der Waals surface area contributed by atoms with Crippen LogP contribution < -0.4 is 5.32 Å². The molecule has 1 aromatic carbocycles. The van der Waals surface area contributed by atoms with Gasteiger partial charge in [0.15, 0.2) is 0 Å². The van der Waals surface area contributed by atoms with Gasteiger partial charge in [0.25, 0.3) is 0 Å². The third kappa shape index (κ3) is 3.97. The van der Waals surface area contributed by atoms with Crippen molar-refractivity contribution >= 4 is 23.2 Å². The Morgan fingerprint density at radius 2 is 2.04 bits per heavy atom. The van der Waals surface area contributed by atoms with Crippen LogP contribution in [-0.4, -0.2) is 21.0 Å². The number of nitrogens with zero attached hydrogens (tertiary/aromatic N) is 3. The van der Waals surface area contributed by atoms with Crippen LogP contribution in [0.25, 0.3) is 11.4 Å². The first kappa shape index (κ1) is 16.1. The molecule has 7 heteroatoms. The minimum Gasteiger partial charge on any atom is -0.339 e. The average molecular weight is 343 g/mol. The van der Waals surface area contributed by atoms with Gasteiger partial charge in [-0.1, -0.05) is 16.8 Å². The van der Waals surface area contributed by atoms with E-state index in [9.17, 15) is 4.79 Å². The third-order valence-corrected chi connectivity index (χ3v) is 3.67. The standard InChI is InChI=1S/C17H15ClN4O2/c1-11-10-13(18)2-3-14(11)20-15(23)4-5-16-21-17(22-24-16)12-6-8-19-9-7-12/h2-3,6-10H,4-5H2,1H3,(H,20,23). The van der Waals surface area contributed by atoms with Gasteiger partial charge < -0.3 is 9.84 Å². The van der Waals surface area contributed by atoms with E-state index in [4.69, 9.17) is 16.1 Å². The van der Waals surface area contributed by atoms with E-state index in [2.05, 4.69) is 20.4 Å². The quantitative estimate of drug-likeness (QED) is 0.765. The molecule has 0 saturated carbocycles. The monoisotopic (exact) mass is 342 g/mol. The predicted molar refractivity (Wildman–Crippen MR) is 90.7 cm³/mol. The van der Waals surface area contributed by atoms with Gasteiger partial charge in [0, 0.05) is 41.5 Å². The number of nitrogens with one attached hydrogen (secondary N) is 1. The molecule has 3 rings (SSSR count). The van der Waals surface area contributed by atoms with Gasteiger partial charge in [-0.05, 0) is 42.8 Å². The number of aryl methyl sites for hydroxylation is 2. The maximum Gasteiger partial charge on any atom is 0.227 e. The minimum absolute atomic E-state index is 0.121. The van der Waals surface area contributed by atoms with Crippen LogP contribution in [0, 0.1) is 6.92 Å². The van der Waals surface area contributed by atoms with Crippen LogP contribution in [0.5, 0.6) is 0 Å². The summed E-state index contributed by atoms with van der Waals surface area (Å²) in [7, 11) is 0. The molecular weight excluding hydrogens is 328 g/mol. The fraction of sp³-hybridized carbons (Fsp3) is 0.176. The Balaban J connectivity index is 1.58. The largest absolute Gasteiger partial charge is 0.339 e. The molecule has 0 radical (unpaired) electrons. The van der Waals surface area contributed by atoms with Crippen molar-refractivity contribution in [3.8, 4) is 11.4 Å². The van der Waals surface area contributed by atoms with Gasteiger partial charge in [-0.3, -0.25) is 9.78 Å². The van der Waals surface area contributed by atoms with E-state index in [0.717, 1.165) is 16.8 Å². The summed E-state index contributed by atoms with van der Waals surface area (Å²) >= 11 is 5.90. The van der Waals surface area contributed by atoms with E-state index in [1.54, 1.807) is 42.7 Å². The molecule has 0 spiro atoms. The van der Waals surface area contributed by atoms with E-state index in [1.165, 1.54) is 0 Å². The lowest BCUT2D eigenvalue weighted by molar-refractivity contribution is -0.116. The number of carbonyl (C=O) groups is 1. The zero-order chi connectivity index (χ0) is 16.9. The van der Waals surface area contributed by atoms with Gasteiger partial charge in [0.05, 0.1) is 0 Å². The van der Waals surface area contributed by atoms with Gasteiger partial charge in [0.2, 0.25) is 17.6 Å². The number of hydrogen-bond donors (Lipinski definition) is 1. The number of aromatic nitrogens is 3. The first-order valence-electron chi connectivity index (χ1n) is 7.41. The molecule has 3 aromatic rings. The lowest BCUT2D eigenvalue weighted by atomic mass is 10.2. The molecule has 24 heavy (non-hydrogen) atoms. The zero-order valence-electron chi connectivity index (χ0n) is 13.0. The van der Waals surface area contributed by atoms with Gasteiger partial charge in [-0.25, -0.2) is 0 Å². The summed E-state index contributed by atoms with van der Waals surface area (Å²) in [6, 6.07) is 8.92. The Morgan fingerprint density at radius 3 is 2.79 bits per heavy atom. The fourth-order valence-corrected chi connectivity index (χ4v) is 2.40. The van der Waals surface area contributed by atoms with Crippen molar-refractivity contribution in [3.05, 3.63) is 59.2 Å². The predicted octanol–water partition coefficient (Wildman–Crippen LogP) is 3.66. The molecule has 0 unspecified atom stereocenters. The van der Waals surface area contributed by atoms with Crippen LogP contribution in [0.15, 0.2) is 47.2 Å². The van der Waals surface area contributed by atoms with Crippen molar-refractivity contribution in [2.45, 2.75) is 19.8 Å². The highest BCUT2D eigenvalue weighted by molar-refractivity contribution is 6.30. The second-order valence-electron chi connectivity index (χ2n) is 5.26. The first-order valence-corrected chi connectivity index (χ1v) is 7.78. The summed E-state index contributed by atoms with van der Waals surface area (Å²) in [6.07, 6.45) is 3.94. The molecule has 0 saturated heterocycles. The Labute approximate surface area is 143 Å². The molecular formula is C17H15ClN4O2. The normalized spacial score (nSPS) is 10.6. The smallest absolute Gasteiger partial charge is 0.227 e. The minimum atomic E-state index is -0.121. The molecule has 0 aliphatic carbocycles. The molecule has 0 atom stereocenters. The number of hydrogen-bond acceptors (Lipinski definition) is 5. The Hall–Kier alpha value is -2.73. The van der Waals surface area contributed by atoms with Crippen molar-refractivity contribution in [3.63, 3.8) is 0 Å². The SMILES string of the molecule is Cc1cc(Cl)ccc1NC(=O)CCc1nc(-c2ccncc2)no1. The summed E-state index contributed by atoms with van der Waals surface area (Å²) in [5, 5.41) is 7.40. The number of carbonyl (C=O) groups excluding carboxylic acids is 1. The van der Waals surface area contributed by atoms with Crippen molar-refractivity contribution in [1.29, 1.82) is 0 Å². The van der Waals surface area contributed by atoms with E-state index in [1.807, 2.05) is 6.92 Å². The van der Waals surface area contributed by atoms with Crippen molar-refractivity contribution in [2.24, 2.45) is 0 Å². The maximum absolute atomic E-state index is 12.1. The molecule has 2 heterocycles. The summed E-state index contributed by atoms with van der Waals surface area (Å²) < 4.78 is 5.18. The second-order valence-corrected chi connectivity index (χ2v) is 5.69. The Kier molecular flexibility index (Phi) is 4.86. The van der Waals surface area contributed by atoms with Gasteiger partial charge >= 0.3 is 0 Å². The van der Waals surface area contributed by atoms with Crippen LogP contribution in [0.1, 0.15) is 17.9 Å². The summed E-state index contributed by atoms with van der Waals surface area (Å²) in [5.74, 6) is 0.787. The van der Waals surface area contributed by atoms with E-state index in [0.29, 0.717) is 23.2 Å². The third-order valence-electron chi connectivity index (χ3n) is 3.44. The summed E-state index contributed by atoms with van der Waals surface area (Å²) in [6.45, 7) is 1.89. The van der Waals surface area contributed by atoms with Crippen LogP contribution >= 0.6 is 11.6 Å². The number of rotatable bonds is 5. The van der Waals surface area contributed by atoms with Crippen LogP contribution in [0.3, 0.4) is 0 Å². The van der Waals surface area contributed by atoms with E-state index in [-0.39, 0.29) is 12.3 Å². The van der Waals surface area contributed by atoms with E-state index >= 15 is 0 Å². The summed E-state index contributed by atoms with van der Waals surface area (Å²) in [4.78, 5) is 20.3. The Bertz CT molecular complexity index is 849. The molecule has 122 valence electrons. The fourth-order valence-electron chi connectivity index (χ4n) is 2.18. The number of anilines is 1. The van der Waals surface area contributed by atoms with Gasteiger partial charge in [-0.2, -0.15) is 4.98 Å². The van der Waals surface area contributed by atoms with Crippen LogP contribution in [0.2, 0.25) is 5.02 Å². The average Bonchev–Trinajstić information content (AvgIpc) is 3.05. The van der Waals surface area contributed by atoms with Crippen molar-refractivity contribution in [2.75, 3.05) is 5.32 Å². The van der Waals surface area contributed by atoms with Crippen LogP contribution in [0.4, 0.5) is 5.69 Å². The molecule has 0 aliphatic rings. The number of benzene rings is 1. The van der Waals surface area contributed by atoms with Crippen molar-refractivity contribution < 1.29 is 9.32 Å². The number of halogens is 1. The Morgan fingerprint density at radius 1 is 1.25 bits per heavy atom. The highest BCUT2D eigenvalue weighted by Gasteiger charge is 2.11. The zero-order valence-corrected chi connectivity index (χ0v) is 13.7. The van der Waals surface area contributed by atoms with Gasteiger partial charge in [0.1, 0.15) is 0 Å². The second kappa shape index (κ2) is 7.23. The van der Waals surface area contributed by atoms with Crippen LogP contribution in [-0.2, 0) is 11.2 Å². The molecule has 6 nitrogen and oxygen atoms in total. The molecule has 0 bridgehead atoms. The topological polar surface area (TPSA) is 80.9 Å². The van der Waals surface area contributed by atoms with Crippen molar-refractivity contribution in [1.82, 2.24) is 15.1 Å². The van der Waals surface area contributed by atoms with Gasteiger partial charge in [-0.15, -0.1) is 0 Å². The summed E-state index contributed by atoms with van der Waals surface area (Å²) in [5.41, 5.74) is 2.47. The molecule has 1 amide bonds. The highest BCUT2D eigenvalue weighted by Crippen LogP contribution is 2.20.